The Bertz CT molecular complexity index is 491. The maximum absolute atomic E-state index is 12.6. The van der Waals surface area contributed by atoms with E-state index in [-0.39, 0.29) is 6.10 Å². The zero-order valence-electron chi connectivity index (χ0n) is 13.4. The molecule has 0 radical (unpaired) electrons. The van der Waals surface area contributed by atoms with Crippen molar-refractivity contribution in [2.45, 2.75) is 18.4 Å². The molecule has 0 spiro atoms. The second-order valence-electron chi connectivity index (χ2n) is 6.15. The molecule has 0 aliphatic carbocycles. The van der Waals surface area contributed by atoms with Gasteiger partial charge in [-0.05, 0) is 31.8 Å². The number of hydrogen-bond acceptors (Lipinski definition) is 4. The molecular formula is C16H23F3N2O2. The maximum atomic E-state index is 12.6. The van der Waals surface area contributed by atoms with Gasteiger partial charge in [0.2, 0.25) is 0 Å². The number of ether oxygens (including phenoxy) is 1. The minimum absolute atomic E-state index is 0.0820. The molecule has 0 unspecified atom stereocenters. The van der Waals surface area contributed by atoms with Crippen molar-refractivity contribution in [3.63, 3.8) is 0 Å². The molecule has 0 amide bonds. The average Bonchev–Trinajstić information content (AvgIpc) is 2.46. The van der Waals surface area contributed by atoms with Gasteiger partial charge >= 0.3 is 6.18 Å². The van der Waals surface area contributed by atoms with Crippen molar-refractivity contribution in [3.05, 3.63) is 35.4 Å². The molecule has 23 heavy (non-hydrogen) atoms. The predicted octanol–water partition coefficient (Wildman–Crippen LogP) is 2.00. The zero-order valence-corrected chi connectivity index (χ0v) is 13.4. The molecule has 1 heterocycles. The van der Waals surface area contributed by atoms with Gasteiger partial charge in [0.05, 0.1) is 24.4 Å². The Balaban J connectivity index is 1.92. The van der Waals surface area contributed by atoms with Crippen molar-refractivity contribution < 1.29 is 23.0 Å². The van der Waals surface area contributed by atoms with Crippen LogP contribution in [0.15, 0.2) is 24.3 Å². The van der Waals surface area contributed by atoms with Gasteiger partial charge in [-0.3, -0.25) is 4.90 Å². The molecule has 1 aromatic rings. The molecule has 1 aromatic carbocycles. The molecule has 1 aliphatic heterocycles. The van der Waals surface area contributed by atoms with Crippen LogP contribution in [0, 0.1) is 0 Å². The van der Waals surface area contributed by atoms with Crippen LogP contribution in [0.1, 0.15) is 17.2 Å². The molecule has 4 nitrogen and oxygen atoms in total. The van der Waals surface area contributed by atoms with Crippen LogP contribution >= 0.6 is 0 Å². The van der Waals surface area contributed by atoms with Crippen molar-refractivity contribution in [3.8, 4) is 0 Å². The summed E-state index contributed by atoms with van der Waals surface area (Å²) >= 11 is 0. The van der Waals surface area contributed by atoms with Gasteiger partial charge < -0.3 is 14.7 Å². The molecule has 7 heteroatoms. The van der Waals surface area contributed by atoms with Gasteiger partial charge in [-0.25, -0.2) is 0 Å². The molecule has 2 rings (SSSR count). The second kappa shape index (κ2) is 7.61. The van der Waals surface area contributed by atoms with Gasteiger partial charge in [-0.2, -0.15) is 13.2 Å². The van der Waals surface area contributed by atoms with Crippen LogP contribution in [0.5, 0.6) is 0 Å². The summed E-state index contributed by atoms with van der Waals surface area (Å²) < 4.78 is 43.3. The summed E-state index contributed by atoms with van der Waals surface area (Å²) in [5, 5.41) is 10.3. The summed E-state index contributed by atoms with van der Waals surface area (Å²) in [6.07, 6.45) is -5.08. The smallest absolute Gasteiger partial charge is 0.387 e. The van der Waals surface area contributed by atoms with Gasteiger partial charge in [-0.1, -0.05) is 12.1 Å². The second-order valence-corrected chi connectivity index (χ2v) is 6.15. The summed E-state index contributed by atoms with van der Waals surface area (Å²) in [7, 11) is 3.94. The van der Waals surface area contributed by atoms with E-state index in [0.29, 0.717) is 31.8 Å². The Morgan fingerprint density at radius 2 is 1.96 bits per heavy atom. The lowest BCUT2D eigenvalue weighted by Gasteiger charge is -2.35. The topological polar surface area (TPSA) is 35.9 Å². The highest BCUT2D eigenvalue weighted by molar-refractivity contribution is 5.26. The fourth-order valence-electron chi connectivity index (χ4n) is 2.71. The van der Waals surface area contributed by atoms with E-state index >= 15 is 0 Å². The van der Waals surface area contributed by atoms with E-state index in [1.54, 1.807) is 0 Å². The highest BCUT2D eigenvalue weighted by Gasteiger charge is 2.30. The van der Waals surface area contributed by atoms with E-state index in [2.05, 4.69) is 4.90 Å². The largest absolute Gasteiger partial charge is 0.416 e. The third-order valence-electron chi connectivity index (χ3n) is 3.85. The Hall–Kier alpha value is -1.15. The number of β-amino-alcohol motifs (C(OH)–C–C–N with tert-alkyl or cyclic N) is 1. The number of aliphatic hydroxyl groups excluding tert-OH is 1. The molecule has 1 aliphatic rings. The zero-order chi connectivity index (χ0) is 17.0. The van der Waals surface area contributed by atoms with E-state index in [4.69, 9.17) is 4.74 Å². The van der Waals surface area contributed by atoms with Crippen LogP contribution in [-0.4, -0.2) is 67.9 Å². The normalized spacial score (nSPS) is 21.6. The molecule has 1 saturated heterocycles. The van der Waals surface area contributed by atoms with Crippen LogP contribution in [0.3, 0.4) is 0 Å². The number of benzene rings is 1. The Morgan fingerprint density at radius 1 is 1.30 bits per heavy atom. The van der Waals surface area contributed by atoms with Crippen molar-refractivity contribution in [1.29, 1.82) is 0 Å². The Labute approximate surface area is 134 Å². The lowest BCUT2D eigenvalue weighted by molar-refractivity contribution is -0.137. The van der Waals surface area contributed by atoms with Crippen molar-refractivity contribution in [2.24, 2.45) is 0 Å². The number of morpholine rings is 1. The molecule has 0 aromatic heterocycles. The lowest BCUT2D eigenvalue weighted by atomic mass is 10.1. The maximum Gasteiger partial charge on any atom is 0.416 e. The summed E-state index contributed by atoms with van der Waals surface area (Å²) in [5.74, 6) is 0. The standard InChI is InChI=1S/C16H23F3N2O2/c1-20(2)9-14-10-21(7-8-23-14)11-15(22)12-3-5-13(6-4-12)16(17,18)19/h3-6,14-15,22H,7-11H2,1-2H3/t14-,15-/m0/s1. The van der Waals surface area contributed by atoms with Crippen LogP contribution in [0.25, 0.3) is 0 Å². The van der Waals surface area contributed by atoms with Crippen LogP contribution in [0.2, 0.25) is 0 Å². The first-order valence-electron chi connectivity index (χ1n) is 7.59. The van der Waals surface area contributed by atoms with Gasteiger partial charge in [0.15, 0.2) is 0 Å². The molecular weight excluding hydrogens is 309 g/mol. The third-order valence-corrected chi connectivity index (χ3v) is 3.85. The minimum Gasteiger partial charge on any atom is -0.387 e. The first-order chi connectivity index (χ1) is 10.8. The van der Waals surface area contributed by atoms with E-state index in [1.807, 2.05) is 19.0 Å². The number of alkyl halides is 3. The summed E-state index contributed by atoms with van der Waals surface area (Å²) in [5.41, 5.74) is -0.209. The average molecular weight is 332 g/mol. The summed E-state index contributed by atoms with van der Waals surface area (Å²) in [4.78, 5) is 4.13. The SMILES string of the molecule is CN(C)C[C@H]1CN(C[C@H](O)c2ccc(C(F)(F)F)cc2)CCO1. The van der Waals surface area contributed by atoms with E-state index in [0.717, 1.165) is 18.7 Å². The third kappa shape index (κ3) is 5.46. The van der Waals surface area contributed by atoms with Gasteiger partial charge in [-0.15, -0.1) is 0 Å². The molecule has 2 atom stereocenters. The fraction of sp³-hybridized carbons (Fsp3) is 0.625. The summed E-state index contributed by atoms with van der Waals surface area (Å²) in [6, 6.07) is 4.69. The molecule has 0 saturated carbocycles. The monoisotopic (exact) mass is 332 g/mol. The van der Waals surface area contributed by atoms with Gasteiger partial charge in [0.1, 0.15) is 0 Å². The first kappa shape index (κ1) is 18.2. The number of halogens is 3. The van der Waals surface area contributed by atoms with Crippen molar-refractivity contribution in [1.82, 2.24) is 9.80 Å². The summed E-state index contributed by atoms with van der Waals surface area (Å²) in [6.45, 7) is 3.20. The van der Waals surface area contributed by atoms with Crippen LogP contribution in [0.4, 0.5) is 13.2 Å². The van der Waals surface area contributed by atoms with E-state index in [9.17, 15) is 18.3 Å². The fourth-order valence-corrected chi connectivity index (χ4v) is 2.71. The quantitative estimate of drug-likeness (QED) is 0.895. The lowest BCUT2D eigenvalue weighted by Crippen LogP contribution is -2.47. The highest BCUT2D eigenvalue weighted by Crippen LogP contribution is 2.30. The predicted molar refractivity (Wildman–Crippen MR) is 81.1 cm³/mol. The molecule has 1 fully saturated rings. The highest BCUT2D eigenvalue weighted by atomic mass is 19.4. The molecule has 130 valence electrons. The van der Waals surface area contributed by atoms with Crippen LogP contribution < -0.4 is 0 Å². The number of hydrogen-bond donors (Lipinski definition) is 1. The first-order valence-corrected chi connectivity index (χ1v) is 7.59. The molecule has 1 N–H and O–H groups in total. The van der Waals surface area contributed by atoms with Crippen molar-refractivity contribution in [2.75, 3.05) is 46.9 Å². The van der Waals surface area contributed by atoms with Gasteiger partial charge in [0, 0.05) is 26.2 Å². The van der Waals surface area contributed by atoms with E-state index in [1.165, 1.54) is 12.1 Å². The Morgan fingerprint density at radius 3 is 2.52 bits per heavy atom. The van der Waals surface area contributed by atoms with Gasteiger partial charge in [0.25, 0.3) is 0 Å². The van der Waals surface area contributed by atoms with Crippen LogP contribution in [-0.2, 0) is 10.9 Å². The number of rotatable bonds is 5. The number of likely N-dealkylation sites (N-methyl/N-ethyl adjacent to an activating group) is 1. The van der Waals surface area contributed by atoms with Crippen molar-refractivity contribution >= 4 is 0 Å². The Kier molecular flexibility index (Phi) is 6.02. The number of aliphatic hydroxyl groups is 1. The molecule has 0 bridgehead atoms. The van der Waals surface area contributed by atoms with E-state index < -0.39 is 17.8 Å². The number of nitrogens with zero attached hydrogens (tertiary/aromatic N) is 2. The minimum atomic E-state index is -4.35.